The molecule has 2 amide bonds. The first kappa shape index (κ1) is 28.1. The fourth-order valence-electron chi connectivity index (χ4n) is 5.35. The maximum absolute atomic E-state index is 12.8. The van der Waals surface area contributed by atoms with Crippen LogP contribution in [0.25, 0.3) is 0 Å². The molecule has 0 radical (unpaired) electrons. The fourth-order valence-corrected chi connectivity index (χ4v) is 6.43. The zero-order chi connectivity index (χ0) is 29.2. The number of hydrogen-bond acceptors (Lipinski definition) is 7. The third-order valence-electron chi connectivity index (χ3n) is 7.78. The third kappa shape index (κ3) is 5.56. The van der Waals surface area contributed by atoms with Crippen LogP contribution in [0.4, 0.5) is 0 Å². The summed E-state index contributed by atoms with van der Waals surface area (Å²) in [5.41, 5.74) is 4.27. The number of nitrogens with zero attached hydrogens (tertiary/aromatic N) is 2. The molecule has 0 aliphatic carbocycles. The normalized spacial score (nSPS) is 21.9. The maximum Gasteiger partial charge on any atom is 0.261 e. The summed E-state index contributed by atoms with van der Waals surface area (Å²) < 4.78 is 13.9. The number of fused-ring (bicyclic) bond motifs is 1. The van der Waals surface area contributed by atoms with Crippen molar-refractivity contribution in [2.75, 3.05) is 5.75 Å². The molecule has 4 aromatic rings. The number of benzene rings is 3. The van der Waals surface area contributed by atoms with E-state index in [0.717, 1.165) is 27.0 Å². The molecule has 4 unspecified atom stereocenters. The average Bonchev–Trinajstić information content (AvgIpc) is 3.26. The Bertz CT molecular complexity index is 1560. The van der Waals surface area contributed by atoms with Crippen LogP contribution in [0.15, 0.2) is 102 Å². The van der Waals surface area contributed by atoms with E-state index in [-0.39, 0.29) is 43.1 Å². The summed E-state index contributed by atoms with van der Waals surface area (Å²) in [7, 11) is 0. The molecular weight excluding hydrogens is 552 g/mol. The number of thioether (sulfide) groups is 1. The lowest BCUT2D eigenvalue weighted by molar-refractivity contribution is -0.645. The minimum atomic E-state index is -0.669. The van der Waals surface area contributed by atoms with Crippen LogP contribution < -0.4 is 4.73 Å². The van der Waals surface area contributed by atoms with E-state index in [1.165, 1.54) is 22.9 Å². The second kappa shape index (κ2) is 12.1. The van der Waals surface area contributed by atoms with E-state index in [1.807, 2.05) is 54.6 Å². The molecule has 3 heterocycles. The number of aliphatic hydroxyl groups is 1. The van der Waals surface area contributed by atoms with E-state index in [9.17, 15) is 19.9 Å². The molecule has 9 heteroatoms. The van der Waals surface area contributed by atoms with E-state index in [4.69, 9.17) is 9.47 Å². The SMILES string of the molecule is CC1C(CSc2cccc[n+]2[O-])OC(c2ccc(CN3C(=O)c4ccccc4C3=O)cc2)OC1c1ccc(CO)cc1. The number of hydrogen-bond donors (Lipinski definition) is 1. The maximum atomic E-state index is 12.8. The number of carbonyl (C=O) groups excluding carboxylic acids is 2. The minimum absolute atomic E-state index is 0.0226. The molecule has 0 saturated carbocycles. The van der Waals surface area contributed by atoms with Crippen molar-refractivity contribution < 1.29 is 28.9 Å². The van der Waals surface area contributed by atoms with E-state index >= 15 is 0 Å². The van der Waals surface area contributed by atoms with Gasteiger partial charge < -0.3 is 19.8 Å². The number of rotatable bonds is 8. The number of pyridine rings is 1. The van der Waals surface area contributed by atoms with Gasteiger partial charge in [-0.15, -0.1) is 0 Å². The molecule has 6 rings (SSSR count). The van der Waals surface area contributed by atoms with Crippen LogP contribution in [-0.4, -0.2) is 33.7 Å². The van der Waals surface area contributed by atoms with Gasteiger partial charge in [-0.05, 0) is 34.9 Å². The largest absolute Gasteiger partial charge is 0.618 e. The first-order valence-electron chi connectivity index (χ1n) is 13.8. The topological polar surface area (TPSA) is 103 Å². The average molecular weight is 583 g/mol. The lowest BCUT2D eigenvalue weighted by Gasteiger charge is -2.41. The molecular formula is C33H30N2O6S. The van der Waals surface area contributed by atoms with E-state index in [1.54, 1.807) is 36.4 Å². The summed E-state index contributed by atoms with van der Waals surface area (Å²) in [4.78, 5) is 26.9. The van der Waals surface area contributed by atoms with Crippen molar-refractivity contribution in [3.8, 4) is 0 Å². The van der Waals surface area contributed by atoms with Crippen LogP contribution >= 0.6 is 11.8 Å². The Hall–Kier alpha value is -4.02. The Morgan fingerprint density at radius 2 is 1.45 bits per heavy atom. The van der Waals surface area contributed by atoms with Gasteiger partial charge in [-0.2, -0.15) is 4.73 Å². The van der Waals surface area contributed by atoms with E-state index in [0.29, 0.717) is 21.9 Å². The number of carbonyl (C=O) groups is 2. The van der Waals surface area contributed by atoms with Gasteiger partial charge in [0.1, 0.15) is 0 Å². The Morgan fingerprint density at radius 3 is 2.10 bits per heavy atom. The zero-order valence-corrected chi connectivity index (χ0v) is 23.8. The first-order chi connectivity index (χ1) is 20.4. The van der Waals surface area contributed by atoms with Crippen LogP contribution in [-0.2, 0) is 22.6 Å². The number of aliphatic hydroxyl groups excluding tert-OH is 1. The molecule has 1 saturated heterocycles. The summed E-state index contributed by atoms with van der Waals surface area (Å²) in [6.45, 7) is 2.21. The zero-order valence-electron chi connectivity index (χ0n) is 23.0. The summed E-state index contributed by atoms with van der Waals surface area (Å²) in [6.07, 6.45) is 0.302. The molecule has 1 aromatic heterocycles. The van der Waals surface area contributed by atoms with Crippen LogP contribution in [0.2, 0.25) is 0 Å². The van der Waals surface area contributed by atoms with Crippen molar-refractivity contribution in [1.82, 2.24) is 4.90 Å². The standard InChI is InChI=1S/C33H30N2O6S/c1-21-28(20-42-29-8-4-5-17-35(29)39)40-33(41-30(21)24-13-11-23(19-36)12-14-24)25-15-9-22(10-16-25)18-34-31(37)26-6-2-3-7-27(26)32(34)38/h2-17,21,28,30,33,36H,18-20H2,1H3. The second-order valence-electron chi connectivity index (χ2n) is 10.5. The van der Waals surface area contributed by atoms with Gasteiger partial charge in [0.15, 0.2) is 12.5 Å². The fraction of sp³-hybridized carbons (Fsp3) is 0.242. The molecule has 1 fully saturated rings. The van der Waals surface area contributed by atoms with E-state index in [2.05, 4.69) is 6.92 Å². The second-order valence-corrected chi connectivity index (χ2v) is 11.5. The highest BCUT2D eigenvalue weighted by molar-refractivity contribution is 7.99. The predicted molar refractivity (Wildman–Crippen MR) is 156 cm³/mol. The van der Waals surface area contributed by atoms with Crippen LogP contribution in [0, 0.1) is 11.1 Å². The molecule has 0 bridgehead atoms. The van der Waals surface area contributed by atoms with Crippen molar-refractivity contribution in [2.45, 2.75) is 43.6 Å². The van der Waals surface area contributed by atoms with Crippen molar-refractivity contribution in [1.29, 1.82) is 0 Å². The van der Waals surface area contributed by atoms with Gasteiger partial charge >= 0.3 is 0 Å². The number of aromatic nitrogens is 1. The lowest BCUT2D eigenvalue weighted by Crippen LogP contribution is -2.39. The smallest absolute Gasteiger partial charge is 0.261 e. The number of imide groups is 1. The highest BCUT2D eigenvalue weighted by atomic mass is 32.2. The first-order valence-corrected chi connectivity index (χ1v) is 14.8. The van der Waals surface area contributed by atoms with Crippen molar-refractivity contribution in [2.24, 2.45) is 5.92 Å². The monoisotopic (exact) mass is 582 g/mol. The van der Waals surface area contributed by atoms with Crippen LogP contribution in [0.5, 0.6) is 0 Å². The molecule has 4 atom stereocenters. The summed E-state index contributed by atoms with van der Waals surface area (Å²) >= 11 is 1.44. The Kier molecular flexibility index (Phi) is 8.08. The van der Waals surface area contributed by atoms with Crippen LogP contribution in [0.1, 0.15) is 62.3 Å². The predicted octanol–water partition coefficient (Wildman–Crippen LogP) is 5.19. The van der Waals surface area contributed by atoms with Gasteiger partial charge in [-0.3, -0.25) is 14.5 Å². The van der Waals surface area contributed by atoms with Gasteiger partial charge in [0.2, 0.25) is 0 Å². The van der Waals surface area contributed by atoms with Gasteiger partial charge in [-0.25, -0.2) is 0 Å². The van der Waals surface area contributed by atoms with Crippen molar-refractivity contribution in [3.05, 3.63) is 136 Å². The highest BCUT2D eigenvalue weighted by Gasteiger charge is 2.39. The highest BCUT2D eigenvalue weighted by Crippen LogP contribution is 2.43. The number of amides is 2. The summed E-state index contributed by atoms with van der Waals surface area (Å²) in [6, 6.07) is 27.4. The van der Waals surface area contributed by atoms with Gasteiger partial charge in [-0.1, -0.05) is 79.3 Å². The molecule has 214 valence electrons. The third-order valence-corrected chi connectivity index (χ3v) is 8.89. The molecule has 2 aliphatic heterocycles. The Morgan fingerprint density at radius 1 is 0.833 bits per heavy atom. The molecule has 0 spiro atoms. The Balaban J connectivity index is 1.21. The van der Waals surface area contributed by atoms with Gasteiger partial charge in [0, 0.05) is 29.4 Å². The lowest BCUT2D eigenvalue weighted by atomic mass is 9.91. The minimum Gasteiger partial charge on any atom is -0.618 e. The Labute approximate surface area is 248 Å². The summed E-state index contributed by atoms with van der Waals surface area (Å²) in [5.74, 6) is -0.0524. The summed E-state index contributed by atoms with van der Waals surface area (Å²) in [5, 5.41) is 22.3. The van der Waals surface area contributed by atoms with Crippen LogP contribution in [0.3, 0.4) is 0 Å². The molecule has 42 heavy (non-hydrogen) atoms. The molecule has 3 aromatic carbocycles. The van der Waals surface area contributed by atoms with Gasteiger partial charge in [0.25, 0.3) is 16.8 Å². The number of ether oxygens (including phenoxy) is 2. The molecule has 1 N–H and O–H groups in total. The quantitative estimate of drug-likeness (QED) is 0.132. The van der Waals surface area contributed by atoms with Gasteiger partial charge in [0.05, 0.1) is 36.5 Å². The molecule has 2 aliphatic rings. The van der Waals surface area contributed by atoms with E-state index < -0.39 is 6.29 Å². The molecule has 8 nitrogen and oxygen atoms in total. The van der Waals surface area contributed by atoms with Crippen molar-refractivity contribution >= 4 is 23.6 Å². The van der Waals surface area contributed by atoms with Crippen molar-refractivity contribution in [3.63, 3.8) is 0 Å².